The molecule has 2 aliphatic heterocycles. The van der Waals surface area contributed by atoms with Gasteiger partial charge in [-0.3, -0.25) is 9.59 Å². The molecule has 2 aliphatic rings. The molecule has 2 amide bonds. The largest absolute Gasteiger partial charge is 0.465 e. The van der Waals surface area contributed by atoms with E-state index in [2.05, 4.69) is 26.1 Å². The summed E-state index contributed by atoms with van der Waals surface area (Å²) < 4.78 is 6.53. The second kappa shape index (κ2) is 7.79. The molecule has 0 atom stereocenters. The molecular formula is C22H21N5O4S. The van der Waals surface area contributed by atoms with Crippen molar-refractivity contribution in [2.24, 2.45) is 0 Å². The van der Waals surface area contributed by atoms with Crippen LogP contribution in [-0.2, 0) is 17.7 Å². The Bertz CT molecular complexity index is 1250. The van der Waals surface area contributed by atoms with Gasteiger partial charge in [-0.15, -0.1) is 11.3 Å². The fourth-order valence-electron chi connectivity index (χ4n) is 4.04. The zero-order valence-corrected chi connectivity index (χ0v) is 18.4. The molecular weight excluding hydrogens is 430 g/mol. The molecule has 0 bridgehead atoms. The van der Waals surface area contributed by atoms with Crippen molar-refractivity contribution in [3.05, 3.63) is 57.3 Å². The summed E-state index contributed by atoms with van der Waals surface area (Å²) >= 11 is 1.17. The number of ether oxygens (including phenoxy) is 1. The number of aromatic nitrogens is 2. The van der Waals surface area contributed by atoms with Crippen LogP contribution in [0.15, 0.2) is 35.7 Å². The minimum Gasteiger partial charge on any atom is -0.465 e. The van der Waals surface area contributed by atoms with E-state index in [4.69, 9.17) is 0 Å². The number of esters is 1. The van der Waals surface area contributed by atoms with Gasteiger partial charge in [0, 0.05) is 42.8 Å². The third-order valence-electron chi connectivity index (χ3n) is 5.75. The maximum atomic E-state index is 12.6. The molecule has 0 saturated carbocycles. The molecule has 0 aliphatic carbocycles. The molecule has 0 fully saturated rings. The van der Waals surface area contributed by atoms with E-state index in [0.717, 1.165) is 35.6 Å². The summed E-state index contributed by atoms with van der Waals surface area (Å²) in [6.07, 6.45) is 0.828. The fourth-order valence-corrected chi connectivity index (χ4v) is 4.81. The second-order valence-electron chi connectivity index (χ2n) is 7.73. The standard InChI is InChI=1S/C22H21N5O4S/c1-25-6-5-13-9-15(3-4-16(13)21(25)29)26-7-8-27-19(26)11-18(24-27)23-20(28)17-10-14(12-32-17)22(30)31-2/h3-4,9-12H,5-8H2,1-2H3,(H,23,24,28). The van der Waals surface area contributed by atoms with Crippen LogP contribution in [0.5, 0.6) is 0 Å². The number of nitrogens with one attached hydrogen (secondary N) is 1. The van der Waals surface area contributed by atoms with Crippen molar-refractivity contribution in [1.82, 2.24) is 14.7 Å². The first kappa shape index (κ1) is 20.3. The summed E-state index contributed by atoms with van der Waals surface area (Å²) in [4.78, 5) is 40.8. The van der Waals surface area contributed by atoms with Crippen LogP contribution >= 0.6 is 11.3 Å². The van der Waals surface area contributed by atoms with E-state index in [9.17, 15) is 14.4 Å². The molecule has 164 valence electrons. The molecule has 4 heterocycles. The van der Waals surface area contributed by atoms with Crippen LogP contribution < -0.4 is 10.2 Å². The Balaban J connectivity index is 1.35. The number of carbonyl (C=O) groups is 3. The van der Waals surface area contributed by atoms with E-state index in [1.54, 1.807) is 10.3 Å². The quantitative estimate of drug-likeness (QED) is 0.613. The topological polar surface area (TPSA) is 96.8 Å². The first-order valence-electron chi connectivity index (χ1n) is 10.2. The van der Waals surface area contributed by atoms with Gasteiger partial charge in [0.2, 0.25) is 0 Å². The van der Waals surface area contributed by atoms with Crippen molar-refractivity contribution >= 4 is 46.4 Å². The lowest BCUT2D eigenvalue weighted by Crippen LogP contribution is -2.34. The zero-order valence-electron chi connectivity index (χ0n) is 17.6. The van der Waals surface area contributed by atoms with Crippen molar-refractivity contribution < 1.29 is 19.1 Å². The maximum Gasteiger partial charge on any atom is 0.338 e. The number of hydrogen-bond donors (Lipinski definition) is 1. The van der Waals surface area contributed by atoms with Crippen LogP contribution in [0.25, 0.3) is 0 Å². The lowest BCUT2D eigenvalue weighted by Gasteiger charge is -2.26. The van der Waals surface area contributed by atoms with E-state index < -0.39 is 5.97 Å². The third-order valence-corrected chi connectivity index (χ3v) is 6.68. The Morgan fingerprint density at radius 2 is 2.00 bits per heavy atom. The van der Waals surface area contributed by atoms with Gasteiger partial charge in [0.15, 0.2) is 5.82 Å². The van der Waals surface area contributed by atoms with Crippen LogP contribution in [0.1, 0.15) is 36.0 Å². The molecule has 1 N–H and O–H groups in total. The first-order chi connectivity index (χ1) is 15.4. The third kappa shape index (κ3) is 3.42. The van der Waals surface area contributed by atoms with Crippen LogP contribution in [0.4, 0.5) is 17.3 Å². The number of hydrogen-bond acceptors (Lipinski definition) is 7. The Labute approximate surface area is 188 Å². The molecule has 0 unspecified atom stereocenters. The van der Waals surface area contributed by atoms with Crippen LogP contribution in [-0.4, -0.2) is 59.7 Å². The minimum atomic E-state index is -0.477. The average molecular weight is 452 g/mol. The van der Waals surface area contributed by atoms with Gasteiger partial charge >= 0.3 is 5.97 Å². The Kier molecular flexibility index (Phi) is 4.93. The molecule has 2 aromatic heterocycles. The van der Waals surface area contributed by atoms with Gasteiger partial charge in [-0.1, -0.05) is 0 Å². The SMILES string of the molecule is COC(=O)c1csc(C(=O)Nc2cc3n(n2)CCN3c2ccc3c(c2)CCN(C)C3=O)c1. The monoisotopic (exact) mass is 451 g/mol. The molecule has 1 aromatic carbocycles. The highest BCUT2D eigenvalue weighted by atomic mass is 32.1. The number of methoxy groups -OCH3 is 1. The Hall–Kier alpha value is -3.66. The highest BCUT2D eigenvalue weighted by Crippen LogP contribution is 2.34. The predicted octanol–water partition coefficient (Wildman–Crippen LogP) is 2.76. The molecule has 3 aromatic rings. The highest BCUT2D eigenvalue weighted by Gasteiger charge is 2.27. The molecule has 0 saturated heterocycles. The van der Waals surface area contributed by atoms with Crippen LogP contribution in [0.3, 0.4) is 0 Å². The van der Waals surface area contributed by atoms with E-state index in [-0.39, 0.29) is 11.8 Å². The molecule has 5 rings (SSSR count). The number of nitrogens with zero attached hydrogens (tertiary/aromatic N) is 4. The molecule has 32 heavy (non-hydrogen) atoms. The molecule has 0 spiro atoms. The second-order valence-corrected chi connectivity index (χ2v) is 8.64. The number of rotatable bonds is 4. The van der Waals surface area contributed by atoms with Gasteiger partial charge in [0.1, 0.15) is 5.82 Å². The summed E-state index contributed by atoms with van der Waals surface area (Å²) in [5.41, 5.74) is 3.15. The van der Waals surface area contributed by atoms with Crippen molar-refractivity contribution in [3.8, 4) is 0 Å². The normalized spacial score (nSPS) is 14.9. The van der Waals surface area contributed by atoms with E-state index in [0.29, 0.717) is 29.3 Å². The summed E-state index contributed by atoms with van der Waals surface area (Å²) in [5.74, 6) is 0.566. The van der Waals surface area contributed by atoms with Gasteiger partial charge in [-0.2, -0.15) is 5.10 Å². The van der Waals surface area contributed by atoms with E-state index >= 15 is 0 Å². The first-order valence-corrected chi connectivity index (χ1v) is 11.0. The molecule has 9 nitrogen and oxygen atoms in total. The average Bonchev–Trinajstić information content (AvgIpc) is 3.51. The van der Waals surface area contributed by atoms with Gasteiger partial charge in [-0.05, 0) is 36.2 Å². The van der Waals surface area contributed by atoms with E-state index in [1.165, 1.54) is 24.5 Å². The number of amides is 2. The molecule has 10 heteroatoms. The Morgan fingerprint density at radius 3 is 2.81 bits per heavy atom. The van der Waals surface area contributed by atoms with Crippen molar-refractivity contribution in [3.63, 3.8) is 0 Å². The zero-order chi connectivity index (χ0) is 22.4. The Morgan fingerprint density at radius 1 is 1.16 bits per heavy atom. The smallest absolute Gasteiger partial charge is 0.338 e. The number of fused-ring (bicyclic) bond motifs is 2. The lowest BCUT2D eigenvalue weighted by molar-refractivity contribution is 0.0601. The fraction of sp³-hybridized carbons (Fsp3) is 0.273. The highest BCUT2D eigenvalue weighted by molar-refractivity contribution is 7.12. The van der Waals surface area contributed by atoms with Gasteiger partial charge in [0.25, 0.3) is 11.8 Å². The van der Waals surface area contributed by atoms with Gasteiger partial charge in [0.05, 0.1) is 24.1 Å². The van der Waals surface area contributed by atoms with Gasteiger partial charge < -0.3 is 19.9 Å². The summed E-state index contributed by atoms with van der Waals surface area (Å²) in [6.45, 7) is 2.16. The number of carbonyl (C=O) groups excluding carboxylic acids is 3. The number of likely N-dealkylation sites (N-methyl/N-ethyl adjacent to an activating group) is 1. The number of benzene rings is 1. The maximum absolute atomic E-state index is 12.6. The predicted molar refractivity (Wildman–Crippen MR) is 120 cm³/mol. The minimum absolute atomic E-state index is 0.0539. The van der Waals surface area contributed by atoms with E-state index in [1.807, 2.05) is 29.9 Å². The number of anilines is 3. The van der Waals surface area contributed by atoms with Crippen molar-refractivity contribution in [2.75, 3.05) is 37.5 Å². The summed E-state index contributed by atoms with van der Waals surface area (Å²) in [6, 6.07) is 9.25. The summed E-state index contributed by atoms with van der Waals surface area (Å²) in [7, 11) is 3.12. The van der Waals surface area contributed by atoms with Gasteiger partial charge in [-0.25, -0.2) is 9.48 Å². The van der Waals surface area contributed by atoms with Crippen molar-refractivity contribution in [2.45, 2.75) is 13.0 Å². The van der Waals surface area contributed by atoms with Crippen molar-refractivity contribution in [1.29, 1.82) is 0 Å². The van der Waals surface area contributed by atoms with Crippen LogP contribution in [0.2, 0.25) is 0 Å². The molecule has 0 radical (unpaired) electrons. The lowest BCUT2D eigenvalue weighted by atomic mass is 9.98. The van der Waals surface area contributed by atoms with Crippen LogP contribution in [0, 0.1) is 0 Å². The summed E-state index contributed by atoms with van der Waals surface area (Å²) in [5, 5.41) is 8.89. The number of thiophene rings is 1.